The van der Waals surface area contributed by atoms with Gasteiger partial charge in [0.2, 0.25) is 5.91 Å². The second-order valence-electron chi connectivity index (χ2n) is 7.29. The lowest BCUT2D eigenvalue weighted by molar-refractivity contribution is -0.120. The van der Waals surface area contributed by atoms with Gasteiger partial charge in [-0.15, -0.1) is 0 Å². The normalized spacial score (nSPS) is 15.3. The summed E-state index contributed by atoms with van der Waals surface area (Å²) in [5.41, 5.74) is 1.27. The summed E-state index contributed by atoms with van der Waals surface area (Å²) in [6.45, 7) is 3.93. The van der Waals surface area contributed by atoms with E-state index >= 15 is 0 Å². The Hall–Kier alpha value is -2.57. The number of amides is 2. The molecule has 0 saturated carbocycles. The lowest BCUT2D eigenvalue weighted by atomic mass is 9.74. The van der Waals surface area contributed by atoms with Crippen LogP contribution in [-0.2, 0) is 14.9 Å². The van der Waals surface area contributed by atoms with E-state index < -0.39 is 0 Å². The average molecular weight is 431 g/mol. The first-order valence-corrected chi connectivity index (χ1v) is 10.5. The number of hydrogen-bond acceptors (Lipinski definition) is 4. The highest BCUT2D eigenvalue weighted by atomic mass is 35.5. The summed E-state index contributed by atoms with van der Waals surface area (Å²) in [4.78, 5) is 24.9. The highest BCUT2D eigenvalue weighted by Crippen LogP contribution is 2.35. The summed E-state index contributed by atoms with van der Waals surface area (Å²) in [6, 6.07) is 14.7. The smallest absolute Gasteiger partial charge is 0.255 e. The lowest BCUT2D eigenvalue weighted by Crippen LogP contribution is -2.47. The summed E-state index contributed by atoms with van der Waals surface area (Å²) in [7, 11) is 0. The number of nitrogens with one attached hydrogen (secondary N) is 2. The van der Waals surface area contributed by atoms with Gasteiger partial charge in [0.15, 0.2) is 0 Å². The minimum absolute atomic E-state index is 0.110. The van der Waals surface area contributed by atoms with Crippen molar-refractivity contribution < 1.29 is 19.1 Å². The zero-order chi connectivity index (χ0) is 21.4. The quantitative estimate of drug-likeness (QED) is 0.673. The van der Waals surface area contributed by atoms with Crippen LogP contribution in [0.2, 0.25) is 5.02 Å². The molecule has 1 saturated heterocycles. The molecule has 2 aromatic rings. The summed E-state index contributed by atoms with van der Waals surface area (Å²) in [6.07, 6.45) is 1.59. The molecule has 7 heteroatoms. The Morgan fingerprint density at radius 2 is 1.87 bits per heavy atom. The molecule has 2 N–H and O–H groups in total. The molecule has 0 spiro atoms. The largest absolute Gasteiger partial charge is 0.493 e. The van der Waals surface area contributed by atoms with Gasteiger partial charge in [-0.25, -0.2) is 0 Å². The van der Waals surface area contributed by atoms with Crippen molar-refractivity contribution >= 4 is 23.4 Å². The number of para-hydroxylation sites is 1. The second kappa shape index (κ2) is 10.5. The molecule has 0 aliphatic carbocycles. The van der Waals surface area contributed by atoms with E-state index in [0.29, 0.717) is 42.7 Å². The van der Waals surface area contributed by atoms with Crippen LogP contribution in [0.15, 0.2) is 48.5 Å². The molecule has 160 valence electrons. The number of carbonyl (C=O) groups is 2. The molecule has 2 amide bonds. The fraction of sp³-hybridized carbons (Fsp3) is 0.391. The third-order valence-electron chi connectivity index (χ3n) is 5.35. The summed E-state index contributed by atoms with van der Waals surface area (Å²) in [5, 5.41) is 6.32. The molecule has 2 aromatic carbocycles. The molecular formula is C23H27ClN2O4. The van der Waals surface area contributed by atoms with Gasteiger partial charge < -0.3 is 20.1 Å². The first-order chi connectivity index (χ1) is 14.5. The van der Waals surface area contributed by atoms with E-state index in [2.05, 4.69) is 10.6 Å². The molecule has 0 aromatic heterocycles. The molecule has 6 nitrogen and oxygen atoms in total. The van der Waals surface area contributed by atoms with Crippen LogP contribution in [0, 0.1) is 0 Å². The van der Waals surface area contributed by atoms with Gasteiger partial charge in [0, 0.05) is 30.2 Å². The molecule has 1 aliphatic rings. The molecule has 0 atom stereocenters. The third kappa shape index (κ3) is 5.52. The average Bonchev–Trinajstić information content (AvgIpc) is 2.77. The minimum Gasteiger partial charge on any atom is -0.493 e. The van der Waals surface area contributed by atoms with Crippen LogP contribution < -0.4 is 15.4 Å². The Bertz CT molecular complexity index is 881. The van der Waals surface area contributed by atoms with E-state index in [-0.39, 0.29) is 23.8 Å². The van der Waals surface area contributed by atoms with Crippen molar-refractivity contribution in [1.29, 1.82) is 0 Å². The van der Waals surface area contributed by atoms with Gasteiger partial charge in [0.05, 0.1) is 18.7 Å². The summed E-state index contributed by atoms with van der Waals surface area (Å²) >= 11 is 6.19. The van der Waals surface area contributed by atoms with Crippen LogP contribution in [0.5, 0.6) is 5.75 Å². The third-order valence-corrected chi connectivity index (χ3v) is 5.59. The SMILES string of the molecule is CCOc1ccccc1C(=O)NCC(=O)NCC1(c2cccc(Cl)c2)CCOCC1. The Kier molecular flexibility index (Phi) is 7.71. The van der Waals surface area contributed by atoms with Crippen molar-refractivity contribution in [3.8, 4) is 5.75 Å². The maximum atomic E-state index is 12.5. The molecule has 1 heterocycles. The molecule has 3 rings (SSSR count). The first-order valence-electron chi connectivity index (χ1n) is 10.1. The van der Waals surface area contributed by atoms with Gasteiger partial charge in [-0.2, -0.15) is 0 Å². The van der Waals surface area contributed by atoms with Crippen LogP contribution in [0.4, 0.5) is 0 Å². The van der Waals surface area contributed by atoms with E-state index in [0.717, 1.165) is 18.4 Å². The maximum absolute atomic E-state index is 12.5. The number of hydrogen-bond donors (Lipinski definition) is 2. The summed E-state index contributed by atoms with van der Waals surface area (Å²) < 4.78 is 11.0. The van der Waals surface area contributed by atoms with Gasteiger partial charge in [-0.05, 0) is 49.6 Å². The predicted molar refractivity (Wildman–Crippen MR) is 116 cm³/mol. The van der Waals surface area contributed by atoms with Crippen LogP contribution in [0.3, 0.4) is 0 Å². The predicted octanol–water partition coefficient (Wildman–Crippen LogP) is 3.33. The zero-order valence-electron chi connectivity index (χ0n) is 17.1. The number of benzene rings is 2. The lowest BCUT2D eigenvalue weighted by Gasteiger charge is -2.38. The Morgan fingerprint density at radius 3 is 2.60 bits per heavy atom. The molecule has 1 aliphatic heterocycles. The second-order valence-corrected chi connectivity index (χ2v) is 7.73. The highest BCUT2D eigenvalue weighted by Gasteiger charge is 2.35. The van der Waals surface area contributed by atoms with Gasteiger partial charge in [0.1, 0.15) is 5.75 Å². The molecule has 0 unspecified atom stereocenters. The van der Waals surface area contributed by atoms with Gasteiger partial charge >= 0.3 is 0 Å². The number of carbonyl (C=O) groups excluding carboxylic acids is 2. The van der Waals surface area contributed by atoms with Crippen molar-refractivity contribution in [1.82, 2.24) is 10.6 Å². The maximum Gasteiger partial charge on any atom is 0.255 e. The first kappa shape index (κ1) is 22.1. The van der Waals surface area contributed by atoms with E-state index in [1.165, 1.54) is 0 Å². The molecule has 1 fully saturated rings. The van der Waals surface area contributed by atoms with Crippen molar-refractivity contribution in [3.05, 3.63) is 64.7 Å². The minimum atomic E-state index is -0.343. The van der Waals surface area contributed by atoms with Gasteiger partial charge in [-0.1, -0.05) is 35.9 Å². The molecule has 30 heavy (non-hydrogen) atoms. The number of halogens is 1. The van der Waals surface area contributed by atoms with Crippen molar-refractivity contribution in [2.24, 2.45) is 0 Å². The monoisotopic (exact) mass is 430 g/mol. The van der Waals surface area contributed by atoms with E-state index in [1.807, 2.05) is 31.2 Å². The molecule has 0 radical (unpaired) electrons. The van der Waals surface area contributed by atoms with Crippen LogP contribution in [-0.4, -0.2) is 44.7 Å². The Balaban J connectivity index is 1.59. The van der Waals surface area contributed by atoms with Gasteiger partial charge in [0.25, 0.3) is 5.91 Å². The topological polar surface area (TPSA) is 76.7 Å². The van der Waals surface area contributed by atoms with Crippen molar-refractivity contribution in [2.75, 3.05) is 32.9 Å². The van der Waals surface area contributed by atoms with Crippen LogP contribution in [0.1, 0.15) is 35.7 Å². The number of ether oxygens (including phenoxy) is 2. The fourth-order valence-corrected chi connectivity index (χ4v) is 3.86. The molecular weight excluding hydrogens is 404 g/mol. The zero-order valence-corrected chi connectivity index (χ0v) is 17.8. The van der Waals surface area contributed by atoms with E-state index in [4.69, 9.17) is 21.1 Å². The van der Waals surface area contributed by atoms with E-state index in [1.54, 1.807) is 24.3 Å². The highest BCUT2D eigenvalue weighted by molar-refractivity contribution is 6.30. The van der Waals surface area contributed by atoms with E-state index in [9.17, 15) is 9.59 Å². The van der Waals surface area contributed by atoms with Crippen LogP contribution in [0.25, 0.3) is 0 Å². The van der Waals surface area contributed by atoms with Crippen LogP contribution >= 0.6 is 11.6 Å². The Labute approximate surface area is 181 Å². The fourth-order valence-electron chi connectivity index (χ4n) is 3.67. The van der Waals surface area contributed by atoms with Crippen molar-refractivity contribution in [3.63, 3.8) is 0 Å². The summed E-state index contributed by atoms with van der Waals surface area (Å²) in [5.74, 6) is -0.0880. The van der Waals surface area contributed by atoms with Gasteiger partial charge in [-0.3, -0.25) is 9.59 Å². The standard InChI is InChI=1S/C23H27ClN2O4/c1-2-30-20-9-4-3-8-19(20)22(28)25-15-21(27)26-16-23(10-12-29-13-11-23)17-6-5-7-18(24)14-17/h3-9,14H,2,10-13,15-16H2,1H3,(H,25,28)(H,26,27). The van der Waals surface area contributed by atoms with Crippen molar-refractivity contribution in [2.45, 2.75) is 25.2 Å². The Morgan fingerprint density at radius 1 is 1.10 bits per heavy atom. The molecule has 0 bridgehead atoms. The number of rotatable bonds is 8.